The van der Waals surface area contributed by atoms with Crippen LogP contribution >= 0.6 is 23.2 Å². The zero-order valence-corrected chi connectivity index (χ0v) is 21.2. The normalized spacial score (nSPS) is 13.8. The average Bonchev–Trinajstić information content (AvgIpc) is 2.93. The molecule has 0 N–H and O–H groups in total. The lowest BCUT2D eigenvalue weighted by atomic mass is 9.88. The van der Waals surface area contributed by atoms with E-state index in [0.29, 0.717) is 48.3 Å². The summed E-state index contributed by atoms with van der Waals surface area (Å²) in [4.78, 5) is 17.4. The quantitative estimate of drug-likeness (QED) is 0.300. The summed E-state index contributed by atoms with van der Waals surface area (Å²) in [6.07, 6.45) is 0.449. The summed E-state index contributed by atoms with van der Waals surface area (Å²) >= 11 is 12.3. The number of amides is 1. The third kappa shape index (κ3) is 5.53. The molecule has 1 saturated heterocycles. The van der Waals surface area contributed by atoms with Crippen molar-refractivity contribution in [3.8, 4) is 11.3 Å². The zero-order valence-electron chi connectivity index (χ0n) is 19.7. The highest BCUT2D eigenvalue weighted by atomic mass is 35.5. The molecule has 0 unspecified atom stereocenters. The van der Waals surface area contributed by atoms with E-state index in [1.807, 2.05) is 59.5 Å². The molecule has 0 atom stereocenters. The minimum Gasteiger partial charge on any atom is -0.352 e. The van der Waals surface area contributed by atoms with Gasteiger partial charge in [-0.25, -0.2) is 0 Å². The number of aromatic nitrogens is 2. The molecule has 7 heteroatoms. The Balaban J connectivity index is 1.22. The van der Waals surface area contributed by atoms with Crippen molar-refractivity contribution in [1.29, 1.82) is 0 Å². The topological polar surface area (TPSA) is 49.3 Å². The molecule has 5 rings (SSSR count). The highest BCUT2D eigenvalue weighted by Crippen LogP contribution is 2.30. The van der Waals surface area contributed by atoms with Crippen LogP contribution < -0.4 is 4.90 Å². The van der Waals surface area contributed by atoms with E-state index >= 15 is 0 Å². The summed E-state index contributed by atoms with van der Waals surface area (Å²) in [5, 5.41) is 9.92. The summed E-state index contributed by atoms with van der Waals surface area (Å²) in [7, 11) is 0. The fourth-order valence-corrected chi connectivity index (χ4v) is 5.13. The van der Waals surface area contributed by atoms with Gasteiger partial charge in [-0.2, -0.15) is 0 Å². The Kier molecular flexibility index (Phi) is 7.49. The highest BCUT2D eigenvalue weighted by molar-refractivity contribution is 6.36. The molecule has 1 aliphatic rings. The molecular formula is C29H26Cl2N4O. The van der Waals surface area contributed by atoms with Crippen molar-refractivity contribution in [2.24, 2.45) is 0 Å². The summed E-state index contributed by atoms with van der Waals surface area (Å²) < 4.78 is 0. The van der Waals surface area contributed by atoms with E-state index in [1.165, 1.54) is 0 Å². The number of carbonyl (C=O) groups is 1. The Morgan fingerprint density at radius 2 is 1.42 bits per heavy atom. The first-order valence-electron chi connectivity index (χ1n) is 12.0. The van der Waals surface area contributed by atoms with Crippen LogP contribution in [0.15, 0.2) is 91.0 Å². The predicted molar refractivity (Wildman–Crippen MR) is 146 cm³/mol. The van der Waals surface area contributed by atoms with Gasteiger partial charge in [-0.1, -0.05) is 83.9 Å². The summed E-state index contributed by atoms with van der Waals surface area (Å²) in [5.74, 6) is 1.00. The maximum atomic E-state index is 13.3. The Bertz CT molecular complexity index is 1270. The number of rotatable bonds is 6. The smallest absolute Gasteiger partial charge is 0.223 e. The Morgan fingerprint density at radius 1 is 0.778 bits per heavy atom. The maximum Gasteiger partial charge on any atom is 0.223 e. The van der Waals surface area contributed by atoms with Crippen LogP contribution in [0.4, 0.5) is 5.82 Å². The van der Waals surface area contributed by atoms with Crippen molar-refractivity contribution in [1.82, 2.24) is 15.1 Å². The molecule has 2 heterocycles. The summed E-state index contributed by atoms with van der Waals surface area (Å²) in [5.41, 5.74) is 3.81. The molecule has 182 valence electrons. The van der Waals surface area contributed by atoms with Crippen LogP contribution in [0.25, 0.3) is 11.3 Å². The molecule has 1 fully saturated rings. The van der Waals surface area contributed by atoms with Gasteiger partial charge in [0.2, 0.25) is 5.91 Å². The molecule has 1 amide bonds. The fraction of sp³-hybridized carbons (Fsp3) is 0.207. The van der Waals surface area contributed by atoms with Crippen molar-refractivity contribution in [3.05, 3.63) is 112 Å². The van der Waals surface area contributed by atoms with Crippen LogP contribution in [0.2, 0.25) is 10.0 Å². The SMILES string of the molecule is O=C(CC(c1ccccc1)c1ccccc1)N1CCN(c2ccc(-c3ccc(Cl)cc3Cl)nn2)CC1. The minimum atomic E-state index is 0.0380. The number of hydrogen-bond donors (Lipinski definition) is 0. The van der Waals surface area contributed by atoms with Crippen LogP contribution in [0.5, 0.6) is 0 Å². The molecule has 0 bridgehead atoms. The molecule has 5 nitrogen and oxygen atoms in total. The van der Waals surface area contributed by atoms with E-state index in [-0.39, 0.29) is 11.8 Å². The first-order valence-corrected chi connectivity index (χ1v) is 12.8. The number of nitrogens with zero attached hydrogens (tertiary/aromatic N) is 4. The second-order valence-corrected chi connectivity index (χ2v) is 9.69. The van der Waals surface area contributed by atoms with Crippen LogP contribution in [-0.2, 0) is 4.79 Å². The van der Waals surface area contributed by atoms with Crippen LogP contribution in [-0.4, -0.2) is 47.2 Å². The molecule has 4 aromatic rings. The fourth-order valence-electron chi connectivity index (χ4n) is 4.62. The molecule has 0 aliphatic carbocycles. The first-order chi connectivity index (χ1) is 17.6. The van der Waals surface area contributed by atoms with E-state index < -0.39 is 0 Å². The third-order valence-electron chi connectivity index (χ3n) is 6.60. The lowest BCUT2D eigenvalue weighted by molar-refractivity contribution is -0.131. The van der Waals surface area contributed by atoms with Gasteiger partial charge >= 0.3 is 0 Å². The van der Waals surface area contributed by atoms with Crippen molar-refractivity contribution in [2.45, 2.75) is 12.3 Å². The van der Waals surface area contributed by atoms with Crippen molar-refractivity contribution >= 4 is 34.9 Å². The van der Waals surface area contributed by atoms with Gasteiger partial charge in [0.25, 0.3) is 0 Å². The molecule has 0 saturated carbocycles. The van der Waals surface area contributed by atoms with E-state index in [4.69, 9.17) is 23.2 Å². The lowest BCUT2D eigenvalue weighted by Crippen LogP contribution is -2.49. The van der Waals surface area contributed by atoms with Crippen LogP contribution in [0.3, 0.4) is 0 Å². The highest BCUT2D eigenvalue weighted by Gasteiger charge is 2.26. The molecule has 1 aliphatic heterocycles. The number of hydrogen-bond acceptors (Lipinski definition) is 4. The number of carbonyl (C=O) groups excluding carboxylic acids is 1. The predicted octanol–water partition coefficient (Wildman–Crippen LogP) is 6.32. The zero-order chi connectivity index (χ0) is 24.9. The molecule has 3 aromatic carbocycles. The molecule has 0 radical (unpaired) electrons. The Morgan fingerprint density at radius 3 is 1.97 bits per heavy atom. The van der Waals surface area contributed by atoms with Gasteiger partial charge in [0.15, 0.2) is 5.82 Å². The van der Waals surface area contributed by atoms with Crippen molar-refractivity contribution in [3.63, 3.8) is 0 Å². The van der Waals surface area contributed by atoms with Gasteiger partial charge in [0, 0.05) is 49.1 Å². The largest absolute Gasteiger partial charge is 0.352 e. The van der Waals surface area contributed by atoms with Gasteiger partial charge in [0.05, 0.1) is 10.7 Å². The third-order valence-corrected chi connectivity index (χ3v) is 7.14. The Labute approximate surface area is 221 Å². The standard InChI is InChI=1S/C29H26Cl2N4O/c30-23-11-12-24(26(31)19-23)27-13-14-28(33-32-27)34-15-17-35(18-16-34)29(36)20-25(21-7-3-1-4-8-21)22-9-5-2-6-10-22/h1-14,19,25H,15-18,20H2. The average molecular weight is 517 g/mol. The van der Waals surface area contributed by atoms with E-state index in [2.05, 4.69) is 39.4 Å². The molecule has 0 spiro atoms. The number of benzene rings is 3. The first kappa shape index (κ1) is 24.3. The van der Waals surface area contributed by atoms with Crippen LogP contribution in [0.1, 0.15) is 23.5 Å². The van der Waals surface area contributed by atoms with Gasteiger partial charge in [-0.05, 0) is 41.5 Å². The maximum absolute atomic E-state index is 13.3. The monoisotopic (exact) mass is 516 g/mol. The van der Waals surface area contributed by atoms with Gasteiger partial charge < -0.3 is 9.80 Å². The van der Waals surface area contributed by atoms with Crippen LogP contribution in [0, 0.1) is 0 Å². The lowest BCUT2D eigenvalue weighted by Gasteiger charge is -2.36. The van der Waals surface area contributed by atoms with E-state index in [1.54, 1.807) is 12.1 Å². The van der Waals surface area contributed by atoms with Gasteiger partial charge in [-0.15, -0.1) is 10.2 Å². The molecular weight excluding hydrogens is 491 g/mol. The second-order valence-electron chi connectivity index (χ2n) is 8.85. The molecule has 36 heavy (non-hydrogen) atoms. The van der Waals surface area contributed by atoms with Gasteiger partial charge in [0.1, 0.15) is 0 Å². The van der Waals surface area contributed by atoms with E-state index in [0.717, 1.165) is 22.5 Å². The molecule has 1 aromatic heterocycles. The van der Waals surface area contributed by atoms with E-state index in [9.17, 15) is 4.79 Å². The number of halogens is 2. The number of anilines is 1. The van der Waals surface area contributed by atoms with Gasteiger partial charge in [-0.3, -0.25) is 4.79 Å². The summed E-state index contributed by atoms with van der Waals surface area (Å²) in [6.45, 7) is 2.73. The Hall–Kier alpha value is -3.41. The second kappa shape index (κ2) is 11.1. The van der Waals surface area contributed by atoms with Crippen molar-refractivity contribution < 1.29 is 4.79 Å². The summed E-state index contributed by atoms with van der Waals surface area (Å²) in [6, 6.07) is 29.7. The number of piperazine rings is 1. The minimum absolute atomic E-state index is 0.0380. The van der Waals surface area contributed by atoms with Crippen molar-refractivity contribution in [2.75, 3.05) is 31.1 Å².